The highest BCUT2D eigenvalue weighted by Gasteiger charge is 2.27. The van der Waals surface area contributed by atoms with Crippen LogP contribution < -0.4 is 16.2 Å². The number of likely N-dealkylation sites (N-methyl/N-ethyl adjacent to an activating group) is 1. The van der Waals surface area contributed by atoms with E-state index < -0.39 is 4.92 Å². The largest absolute Gasteiger partial charge is 0.354 e. The zero-order valence-electron chi connectivity index (χ0n) is 11.7. The topological polar surface area (TPSA) is 110 Å². The molecule has 2 heterocycles. The van der Waals surface area contributed by atoms with E-state index in [1.165, 1.54) is 11.2 Å². The lowest BCUT2D eigenvalue weighted by atomic mass is 10.2. The molecule has 3 N–H and O–H groups in total. The molecular formula is C12H16N6O2S. The SMILES string of the molecule is CC(Cc1cccs1)N(C)c1ncnc(NN)c1[N+](=O)[O-]. The molecule has 1 atom stereocenters. The van der Waals surface area contributed by atoms with Gasteiger partial charge in [-0.1, -0.05) is 6.07 Å². The van der Waals surface area contributed by atoms with E-state index in [2.05, 4.69) is 15.4 Å². The van der Waals surface area contributed by atoms with Crippen molar-refractivity contribution in [2.24, 2.45) is 5.84 Å². The summed E-state index contributed by atoms with van der Waals surface area (Å²) in [6, 6.07) is 4.06. The van der Waals surface area contributed by atoms with Crippen LogP contribution in [0.2, 0.25) is 0 Å². The fourth-order valence-electron chi connectivity index (χ4n) is 1.97. The van der Waals surface area contributed by atoms with Gasteiger partial charge in [0.15, 0.2) is 0 Å². The second-order valence-corrected chi connectivity index (χ2v) is 5.57. The maximum absolute atomic E-state index is 11.3. The average molecular weight is 308 g/mol. The van der Waals surface area contributed by atoms with Gasteiger partial charge >= 0.3 is 5.69 Å². The van der Waals surface area contributed by atoms with Crippen LogP contribution in [0, 0.1) is 10.1 Å². The van der Waals surface area contributed by atoms with Gasteiger partial charge in [0.05, 0.1) is 4.92 Å². The summed E-state index contributed by atoms with van der Waals surface area (Å²) in [7, 11) is 1.77. The van der Waals surface area contributed by atoms with Crippen LogP contribution in [-0.4, -0.2) is 28.0 Å². The number of hydrazine groups is 1. The minimum absolute atomic E-state index is 0.000161. The Morgan fingerprint density at radius 2 is 2.33 bits per heavy atom. The number of nitro groups is 1. The lowest BCUT2D eigenvalue weighted by Gasteiger charge is -2.25. The summed E-state index contributed by atoms with van der Waals surface area (Å²) in [6.07, 6.45) is 2.03. The van der Waals surface area contributed by atoms with Crippen molar-refractivity contribution < 1.29 is 4.92 Å². The predicted molar refractivity (Wildman–Crippen MR) is 82.4 cm³/mol. The summed E-state index contributed by atoms with van der Waals surface area (Å²) < 4.78 is 0. The monoisotopic (exact) mass is 308 g/mol. The van der Waals surface area contributed by atoms with Crippen LogP contribution in [0.15, 0.2) is 23.8 Å². The summed E-state index contributed by atoms with van der Waals surface area (Å²) in [5.41, 5.74) is 2.02. The smallest absolute Gasteiger partial charge is 0.351 e. The minimum Gasteiger partial charge on any atom is -0.351 e. The molecule has 2 rings (SSSR count). The zero-order valence-corrected chi connectivity index (χ0v) is 12.5. The number of thiophene rings is 1. The Morgan fingerprint density at radius 3 is 2.90 bits per heavy atom. The number of rotatable bonds is 6. The van der Waals surface area contributed by atoms with Crippen LogP contribution in [0.1, 0.15) is 11.8 Å². The number of nitrogens with two attached hydrogens (primary N) is 1. The van der Waals surface area contributed by atoms with Crippen LogP contribution in [0.4, 0.5) is 17.3 Å². The molecule has 0 aliphatic heterocycles. The van der Waals surface area contributed by atoms with Crippen molar-refractivity contribution in [1.82, 2.24) is 9.97 Å². The molecule has 0 aromatic carbocycles. The maximum Gasteiger partial charge on any atom is 0.354 e. The molecule has 0 fully saturated rings. The molecule has 0 saturated carbocycles. The average Bonchev–Trinajstić information content (AvgIpc) is 2.98. The Morgan fingerprint density at radius 1 is 1.57 bits per heavy atom. The first-order chi connectivity index (χ1) is 10.0. The van der Waals surface area contributed by atoms with E-state index in [1.807, 2.05) is 24.4 Å². The van der Waals surface area contributed by atoms with Gasteiger partial charge < -0.3 is 10.3 Å². The van der Waals surface area contributed by atoms with E-state index in [9.17, 15) is 10.1 Å². The fourth-order valence-corrected chi connectivity index (χ4v) is 2.79. The van der Waals surface area contributed by atoms with Gasteiger partial charge in [-0.2, -0.15) is 0 Å². The number of hydrogen-bond acceptors (Lipinski definition) is 8. The molecule has 21 heavy (non-hydrogen) atoms. The van der Waals surface area contributed by atoms with Gasteiger partial charge in [0.2, 0.25) is 11.6 Å². The van der Waals surface area contributed by atoms with E-state index in [0.29, 0.717) is 0 Å². The van der Waals surface area contributed by atoms with Crippen LogP contribution in [0.25, 0.3) is 0 Å². The second-order valence-electron chi connectivity index (χ2n) is 4.54. The maximum atomic E-state index is 11.3. The van der Waals surface area contributed by atoms with Gasteiger partial charge in [-0.3, -0.25) is 10.1 Å². The molecule has 0 aliphatic carbocycles. The summed E-state index contributed by atoms with van der Waals surface area (Å²) in [6.45, 7) is 1.99. The summed E-state index contributed by atoms with van der Waals surface area (Å²) in [5, 5.41) is 13.3. The van der Waals surface area contributed by atoms with E-state index in [0.717, 1.165) is 6.42 Å². The van der Waals surface area contributed by atoms with E-state index in [-0.39, 0.29) is 23.4 Å². The van der Waals surface area contributed by atoms with Gasteiger partial charge in [0.1, 0.15) is 6.33 Å². The molecular weight excluding hydrogens is 292 g/mol. The number of nitrogens with zero attached hydrogens (tertiary/aromatic N) is 4. The Labute approximate surface area is 125 Å². The van der Waals surface area contributed by atoms with Crippen molar-refractivity contribution in [3.63, 3.8) is 0 Å². The molecule has 0 radical (unpaired) electrons. The van der Waals surface area contributed by atoms with Crippen molar-refractivity contribution in [2.75, 3.05) is 17.4 Å². The summed E-state index contributed by atoms with van der Waals surface area (Å²) >= 11 is 1.66. The molecule has 2 aromatic rings. The number of anilines is 2. The van der Waals surface area contributed by atoms with Gasteiger partial charge in [0.25, 0.3) is 0 Å². The lowest BCUT2D eigenvalue weighted by molar-refractivity contribution is -0.383. The standard InChI is InChI=1S/C12H16N6O2S/c1-8(6-9-4-3-5-21-9)17(2)12-10(18(19)20)11(16-13)14-7-15-12/h3-5,7-8H,6,13H2,1-2H3,(H,14,15,16). The molecule has 0 bridgehead atoms. The first-order valence-corrected chi connectivity index (χ1v) is 7.13. The minimum atomic E-state index is -0.529. The van der Waals surface area contributed by atoms with Crippen LogP contribution >= 0.6 is 11.3 Å². The molecule has 1 unspecified atom stereocenters. The zero-order chi connectivity index (χ0) is 15.4. The van der Waals surface area contributed by atoms with Crippen molar-refractivity contribution >= 4 is 28.7 Å². The number of aromatic nitrogens is 2. The second kappa shape index (κ2) is 6.46. The highest BCUT2D eigenvalue weighted by Crippen LogP contribution is 2.31. The first kappa shape index (κ1) is 15.1. The molecule has 8 nitrogen and oxygen atoms in total. The Kier molecular flexibility index (Phi) is 4.66. The van der Waals surface area contributed by atoms with E-state index >= 15 is 0 Å². The molecule has 0 aliphatic rings. The predicted octanol–water partition coefficient (Wildman–Crippen LogP) is 1.80. The normalized spacial score (nSPS) is 12.0. The highest BCUT2D eigenvalue weighted by molar-refractivity contribution is 7.09. The van der Waals surface area contributed by atoms with Crippen LogP contribution in [0.5, 0.6) is 0 Å². The van der Waals surface area contributed by atoms with Crippen LogP contribution in [0.3, 0.4) is 0 Å². The van der Waals surface area contributed by atoms with Gasteiger partial charge in [0, 0.05) is 24.4 Å². The number of nitrogen functional groups attached to an aromatic ring is 1. The number of nitrogens with one attached hydrogen (secondary N) is 1. The van der Waals surface area contributed by atoms with Crippen LogP contribution in [-0.2, 0) is 6.42 Å². The first-order valence-electron chi connectivity index (χ1n) is 6.25. The third-order valence-corrected chi connectivity index (χ3v) is 4.09. The Bertz CT molecular complexity index is 618. The quantitative estimate of drug-likeness (QED) is 0.475. The molecule has 9 heteroatoms. The van der Waals surface area contributed by atoms with Crippen molar-refractivity contribution in [3.05, 3.63) is 38.8 Å². The van der Waals surface area contributed by atoms with E-state index in [4.69, 9.17) is 5.84 Å². The van der Waals surface area contributed by atoms with Gasteiger partial charge in [-0.25, -0.2) is 15.8 Å². The van der Waals surface area contributed by atoms with Gasteiger partial charge in [-0.15, -0.1) is 11.3 Å². The summed E-state index contributed by atoms with van der Waals surface area (Å²) in [5.74, 6) is 5.52. The summed E-state index contributed by atoms with van der Waals surface area (Å²) in [4.78, 5) is 21.5. The molecule has 112 valence electrons. The molecule has 0 amide bonds. The van der Waals surface area contributed by atoms with Crippen molar-refractivity contribution in [2.45, 2.75) is 19.4 Å². The number of hydrogen-bond donors (Lipinski definition) is 2. The molecule has 0 saturated heterocycles. The highest BCUT2D eigenvalue weighted by atomic mass is 32.1. The molecule has 2 aromatic heterocycles. The van der Waals surface area contributed by atoms with Crippen molar-refractivity contribution in [1.29, 1.82) is 0 Å². The Balaban J connectivity index is 2.29. The lowest BCUT2D eigenvalue weighted by Crippen LogP contribution is -2.32. The van der Waals surface area contributed by atoms with Gasteiger partial charge in [-0.05, 0) is 18.4 Å². The van der Waals surface area contributed by atoms with E-state index in [1.54, 1.807) is 23.3 Å². The third-order valence-electron chi connectivity index (χ3n) is 3.19. The third kappa shape index (κ3) is 3.26. The Hall–Kier alpha value is -2.26. The van der Waals surface area contributed by atoms with Crippen molar-refractivity contribution in [3.8, 4) is 0 Å². The molecule has 0 spiro atoms. The fraction of sp³-hybridized carbons (Fsp3) is 0.333.